The van der Waals surface area contributed by atoms with Crippen LogP contribution in [0.1, 0.15) is 24.0 Å². The number of nitrogens with zero attached hydrogens (tertiary/aromatic N) is 3. The van der Waals surface area contributed by atoms with Crippen LogP contribution in [0.3, 0.4) is 0 Å². The average molecular weight is 394 g/mol. The molecule has 2 aromatic rings. The summed E-state index contributed by atoms with van der Waals surface area (Å²) in [4.78, 5) is 18.8. The zero-order valence-electron chi connectivity index (χ0n) is 16.5. The molecule has 7 nitrogen and oxygen atoms in total. The van der Waals surface area contributed by atoms with Crippen molar-refractivity contribution >= 4 is 11.7 Å². The molecular formula is C22H26N4O3. The van der Waals surface area contributed by atoms with Crippen molar-refractivity contribution in [2.24, 2.45) is 5.92 Å². The Hall–Kier alpha value is -2.95. The van der Waals surface area contributed by atoms with E-state index in [1.54, 1.807) is 30.5 Å². The molecular weight excluding hydrogens is 368 g/mol. The summed E-state index contributed by atoms with van der Waals surface area (Å²) >= 11 is 0. The van der Waals surface area contributed by atoms with Gasteiger partial charge in [0.2, 0.25) is 5.91 Å². The van der Waals surface area contributed by atoms with Crippen LogP contribution in [-0.2, 0) is 4.79 Å². The van der Waals surface area contributed by atoms with Crippen LogP contribution in [0, 0.1) is 24.2 Å². The first kappa shape index (κ1) is 20.8. The van der Waals surface area contributed by atoms with Gasteiger partial charge in [0, 0.05) is 18.7 Å². The van der Waals surface area contributed by atoms with E-state index in [9.17, 15) is 9.90 Å². The van der Waals surface area contributed by atoms with E-state index in [1.807, 2.05) is 19.1 Å². The Bertz CT molecular complexity index is 838. The van der Waals surface area contributed by atoms with Crippen LogP contribution in [-0.4, -0.2) is 53.2 Å². The van der Waals surface area contributed by atoms with Crippen molar-refractivity contribution in [2.45, 2.75) is 25.9 Å². The second kappa shape index (κ2) is 10.0. The van der Waals surface area contributed by atoms with Crippen LogP contribution >= 0.6 is 0 Å². The second-order valence-corrected chi connectivity index (χ2v) is 7.39. The van der Waals surface area contributed by atoms with Crippen molar-refractivity contribution < 1.29 is 14.6 Å². The van der Waals surface area contributed by atoms with Gasteiger partial charge in [-0.3, -0.25) is 4.79 Å². The molecule has 1 aromatic carbocycles. The number of carbonyl (C=O) groups excluding carboxylic acids is 1. The van der Waals surface area contributed by atoms with Crippen LogP contribution in [0.15, 0.2) is 42.6 Å². The lowest BCUT2D eigenvalue weighted by molar-refractivity contribution is -0.121. The third kappa shape index (κ3) is 6.28. The van der Waals surface area contributed by atoms with Gasteiger partial charge in [-0.25, -0.2) is 4.98 Å². The van der Waals surface area contributed by atoms with Gasteiger partial charge in [-0.1, -0.05) is 6.07 Å². The fourth-order valence-corrected chi connectivity index (χ4v) is 3.32. The van der Waals surface area contributed by atoms with Gasteiger partial charge in [0.05, 0.1) is 11.6 Å². The largest absolute Gasteiger partial charge is 0.491 e. The van der Waals surface area contributed by atoms with Crippen LogP contribution in [0.25, 0.3) is 0 Å². The smallest absolute Gasteiger partial charge is 0.228 e. The highest BCUT2D eigenvalue weighted by Crippen LogP contribution is 2.19. The Morgan fingerprint density at radius 3 is 2.66 bits per heavy atom. The molecule has 1 unspecified atom stereocenters. The fourth-order valence-electron chi connectivity index (χ4n) is 3.32. The molecule has 1 atom stereocenters. The number of carbonyl (C=O) groups is 1. The van der Waals surface area contributed by atoms with Crippen molar-refractivity contribution in [1.29, 1.82) is 5.26 Å². The number of nitriles is 1. The summed E-state index contributed by atoms with van der Waals surface area (Å²) in [6.45, 7) is 4.16. The van der Waals surface area contributed by atoms with Gasteiger partial charge in [0.1, 0.15) is 24.3 Å². The molecule has 2 heterocycles. The number of hydrogen-bond donors (Lipinski definition) is 2. The first-order valence-electron chi connectivity index (χ1n) is 9.80. The first-order valence-corrected chi connectivity index (χ1v) is 9.80. The maximum atomic E-state index is 12.4. The highest BCUT2D eigenvalue weighted by Gasteiger charge is 2.26. The number of piperidine rings is 1. The fraction of sp³-hybridized carbons (Fsp3) is 0.409. The summed E-state index contributed by atoms with van der Waals surface area (Å²) in [5.74, 6) is 1.17. The number of likely N-dealkylation sites (tertiary alicyclic amines) is 1. The van der Waals surface area contributed by atoms with Crippen LogP contribution in [0.2, 0.25) is 0 Å². The van der Waals surface area contributed by atoms with Crippen LogP contribution < -0.4 is 10.1 Å². The van der Waals surface area contributed by atoms with Crippen LogP contribution in [0.5, 0.6) is 5.75 Å². The number of aryl methyl sites for hydroxylation is 1. The second-order valence-electron chi connectivity index (χ2n) is 7.39. The lowest BCUT2D eigenvalue weighted by Gasteiger charge is -2.32. The maximum Gasteiger partial charge on any atom is 0.228 e. The van der Waals surface area contributed by atoms with Gasteiger partial charge in [-0.15, -0.1) is 0 Å². The summed E-state index contributed by atoms with van der Waals surface area (Å²) < 4.78 is 5.59. The number of amides is 1. The third-order valence-corrected chi connectivity index (χ3v) is 5.02. The Morgan fingerprint density at radius 1 is 1.31 bits per heavy atom. The first-order chi connectivity index (χ1) is 14.0. The third-order valence-electron chi connectivity index (χ3n) is 5.02. The van der Waals surface area contributed by atoms with Gasteiger partial charge >= 0.3 is 0 Å². The number of benzene rings is 1. The number of β-amino-alcohol motifs (C(OH)–C–C–N with tert-alkyl or cyclic N) is 1. The van der Waals surface area contributed by atoms with E-state index in [-0.39, 0.29) is 18.4 Å². The predicted octanol–water partition coefficient (Wildman–Crippen LogP) is 2.35. The van der Waals surface area contributed by atoms with Gasteiger partial charge < -0.3 is 20.1 Å². The predicted molar refractivity (Wildman–Crippen MR) is 109 cm³/mol. The molecule has 1 aliphatic heterocycles. The van der Waals surface area contributed by atoms with Gasteiger partial charge in [-0.2, -0.15) is 5.26 Å². The zero-order chi connectivity index (χ0) is 20.6. The van der Waals surface area contributed by atoms with E-state index in [2.05, 4.69) is 21.3 Å². The van der Waals surface area contributed by atoms with Crippen molar-refractivity contribution in [3.8, 4) is 11.8 Å². The quantitative estimate of drug-likeness (QED) is 0.748. The van der Waals surface area contributed by atoms with Gasteiger partial charge in [-0.05, 0) is 68.8 Å². The summed E-state index contributed by atoms with van der Waals surface area (Å²) in [6, 6.07) is 12.6. The van der Waals surface area contributed by atoms with Crippen molar-refractivity contribution in [1.82, 2.24) is 9.88 Å². The molecule has 0 radical (unpaired) electrons. The van der Waals surface area contributed by atoms with E-state index in [1.165, 1.54) is 0 Å². The molecule has 1 saturated heterocycles. The Morgan fingerprint density at radius 2 is 2.03 bits per heavy atom. The number of pyridine rings is 1. The molecule has 2 N–H and O–H groups in total. The lowest BCUT2D eigenvalue weighted by atomic mass is 9.95. The van der Waals surface area contributed by atoms with E-state index >= 15 is 0 Å². The number of hydrogen-bond acceptors (Lipinski definition) is 6. The number of aliphatic hydroxyl groups is 1. The minimum absolute atomic E-state index is 0.00528. The maximum absolute atomic E-state index is 12.4. The molecule has 29 heavy (non-hydrogen) atoms. The molecule has 3 rings (SSSR count). The minimum atomic E-state index is -0.618. The molecule has 0 aliphatic carbocycles. The topological polar surface area (TPSA) is 98.5 Å². The molecule has 0 bridgehead atoms. The summed E-state index contributed by atoms with van der Waals surface area (Å²) in [5, 5.41) is 21.9. The summed E-state index contributed by atoms with van der Waals surface area (Å²) in [7, 11) is 0. The van der Waals surface area contributed by atoms with Gasteiger partial charge in [0.25, 0.3) is 0 Å². The number of rotatable bonds is 7. The molecule has 7 heteroatoms. The monoisotopic (exact) mass is 394 g/mol. The highest BCUT2D eigenvalue weighted by molar-refractivity contribution is 5.91. The number of anilines is 1. The Kier molecular flexibility index (Phi) is 7.17. The molecule has 0 saturated carbocycles. The number of aliphatic hydroxyl groups excluding tert-OH is 1. The molecule has 1 aromatic heterocycles. The van der Waals surface area contributed by atoms with E-state index in [4.69, 9.17) is 10.00 Å². The van der Waals surface area contributed by atoms with Crippen molar-refractivity contribution in [2.75, 3.05) is 31.6 Å². The molecule has 0 spiro atoms. The standard InChI is InChI=1S/C22H26N4O3/c1-16-2-7-21(24-13-16)25-22(28)18-8-10-26(11-9-18)14-19(27)15-29-20-5-3-17(12-23)4-6-20/h2-7,13,18-19,27H,8-11,14-15H2,1H3,(H,24,25,28). The van der Waals surface area contributed by atoms with E-state index in [0.29, 0.717) is 23.7 Å². The zero-order valence-corrected chi connectivity index (χ0v) is 16.5. The Balaban J connectivity index is 1.37. The molecule has 152 valence electrons. The van der Waals surface area contributed by atoms with Crippen molar-refractivity contribution in [3.05, 3.63) is 53.7 Å². The number of ether oxygens (including phenoxy) is 1. The average Bonchev–Trinajstić information content (AvgIpc) is 2.75. The SMILES string of the molecule is Cc1ccc(NC(=O)C2CCN(CC(O)COc3ccc(C#N)cc3)CC2)nc1. The normalized spacial score (nSPS) is 16.0. The van der Waals surface area contributed by atoms with Crippen LogP contribution in [0.4, 0.5) is 5.82 Å². The number of nitrogens with one attached hydrogen (secondary N) is 1. The Labute approximate surface area is 170 Å². The highest BCUT2D eigenvalue weighted by atomic mass is 16.5. The van der Waals surface area contributed by atoms with E-state index in [0.717, 1.165) is 31.5 Å². The van der Waals surface area contributed by atoms with Gasteiger partial charge in [0.15, 0.2) is 0 Å². The van der Waals surface area contributed by atoms with Crippen molar-refractivity contribution in [3.63, 3.8) is 0 Å². The molecule has 1 fully saturated rings. The van der Waals surface area contributed by atoms with E-state index < -0.39 is 6.10 Å². The summed E-state index contributed by atoms with van der Waals surface area (Å²) in [5.41, 5.74) is 1.63. The molecule has 1 amide bonds. The number of aromatic nitrogens is 1. The minimum Gasteiger partial charge on any atom is -0.491 e. The lowest BCUT2D eigenvalue weighted by Crippen LogP contribution is -2.42. The molecule has 1 aliphatic rings. The summed E-state index contributed by atoms with van der Waals surface area (Å²) in [6.07, 6.45) is 2.62.